The van der Waals surface area contributed by atoms with Crippen molar-refractivity contribution in [2.45, 2.75) is 10.8 Å². The second-order valence-electron chi connectivity index (χ2n) is 2.38. The molecule has 70 valence electrons. The normalized spacial score (nSPS) is 10.8. The van der Waals surface area contributed by atoms with Crippen LogP contribution in [-0.4, -0.2) is 14.7 Å². The van der Waals surface area contributed by atoms with Crippen molar-refractivity contribution < 1.29 is 8.42 Å². The van der Waals surface area contributed by atoms with E-state index >= 15 is 0 Å². The Morgan fingerprint density at radius 1 is 1.62 bits per heavy atom. The molecular weight excluding hydrogens is 210 g/mol. The number of nitrogens with zero attached hydrogens (tertiary/aromatic N) is 3. The van der Waals surface area contributed by atoms with Crippen LogP contribution in [0.4, 0.5) is 0 Å². The van der Waals surface area contributed by atoms with Crippen LogP contribution in [0, 0.1) is 0 Å². The van der Waals surface area contributed by atoms with Crippen LogP contribution in [0.25, 0.3) is 10.4 Å². The predicted octanol–water partition coefficient (Wildman–Crippen LogP) is 1.96. The van der Waals surface area contributed by atoms with Crippen LogP contribution in [-0.2, 0) is 16.4 Å². The van der Waals surface area contributed by atoms with Gasteiger partial charge in [0.2, 0.25) is 0 Å². The van der Waals surface area contributed by atoms with Crippen molar-refractivity contribution in [3.63, 3.8) is 0 Å². The molecule has 1 aromatic rings. The molecule has 5 nitrogen and oxygen atoms in total. The van der Waals surface area contributed by atoms with Crippen molar-refractivity contribution in [2.24, 2.45) is 5.11 Å². The van der Waals surface area contributed by atoms with Crippen LogP contribution in [0.15, 0.2) is 21.5 Å². The fourth-order valence-electron chi connectivity index (χ4n) is 0.744. The van der Waals surface area contributed by atoms with Crippen LogP contribution < -0.4 is 0 Å². The van der Waals surface area contributed by atoms with E-state index in [2.05, 4.69) is 10.0 Å². The lowest BCUT2D eigenvalue weighted by Gasteiger charge is -1.88. The summed E-state index contributed by atoms with van der Waals surface area (Å²) in [5.41, 5.74) is 8.04. The second kappa shape index (κ2) is 3.78. The standard InChI is InChI=1S/C6H7N3O2S2/c1-13(10,11)6-3-2-5(12-6)4-8-9-7/h2-3H,4H2,1H3. The summed E-state index contributed by atoms with van der Waals surface area (Å²) in [6, 6.07) is 3.16. The Labute approximate surface area is 79.6 Å². The van der Waals surface area contributed by atoms with E-state index in [-0.39, 0.29) is 6.54 Å². The van der Waals surface area contributed by atoms with E-state index in [0.717, 1.165) is 22.5 Å². The number of azide groups is 1. The number of rotatable bonds is 3. The molecule has 0 bridgehead atoms. The van der Waals surface area contributed by atoms with Gasteiger partial charge in [0, 0.05) is 16.0 Å². The molecule has 0 aliphatic carbocycles. The summed E-state index contributed by atoms with van der Waals surface area (Å²) in [4.78, 5) is 3.33. The van der Waals surface area contributed by atoms with Gasteiger partial charge in [-0.05, 0) is 17.7 Å². The maximum absolute atomic E-state index is 11.0. The Hall–Kier alpha value is -1.04. The summed E-state index contributed by atoms with van der Waals surface area (Å²) in [6.45, 7) is 0.205. The van der Waals surface area contributed by atoms with Crippen molar-refractivity contribution in [1.82, 2.24) is 0 Å². The Balaban J connectivity index is 2.93. The predicted molar refractivity (Wildman–Crippen MR) is 50.3 cm³/mol. The van der Waals surface area contributed by atoms with E-state index in [9.17, 15) is 8.42 Å². The van der Waals surface area contributed by atoms with Gasteiger partial charge in [-0.15, -0.1) is 11.3 Å². The molecule has 13 heavy (non-hydrogen) atoms. The van der Waals surface area contributed by atoms with Crippen molar-refractivity contribution in [3.05, 3.63) is 27.5 Å². The quantitative estimate of drug-likeness (QED) is 0.440. The van der Waals surface area contributed by atoms with Gasteiger partial charge in [-0.3, -0.25) is 0 Å². The fraction of sp³-hybridized carbons (Fsp3) is 0.333. The highest BCUT2D eigenvalue weighted by Gasteiger charge is 2.09. The SMILES string of the molecule is CS(=O)(=O)c1ccc(CN=[N+]=[N-])s1. The van der Waals surface area contributed by atoms with E-state index in [1.54, 1.807) is 6.07 Å². The van der Waals surface area contributed by atoms with E-state index in [1.165, 1.54) is 6.07 Å². The maximum Gasteiger partial charge on any atom is 0.184 e. The minimum Gasteiger partial charge on any atom is -0.223 e. The summed E-state index contributed by atoms with van der Waals surface area (Å²) in [5, 5.41) is 3.33. The van der Waals surface area contributed by atoms with Crippen LogP contribution in [0.2, 0.25) is 0 Å². The van der Waals surface area contributed by atoms with E-state index < -0.39 is 9.84 Å². The average molecular weight is 217 g/mol. The van der Waals surface area contributed by atoms with Crippen molar-refractivity contribution in [2.75, 3.05) is 6.26 Å². The lowest BCUT2D eigenvalue weighted by atomic mass is 10.5. The molecular formula is C6H7N3O2S2. The number of hydrogen-bond acceptors (Lipinski definition) is 4. The highest BCUT2D eigenvalue weighted by molar-refractivity contribution is 7.92. The van der Waals surface area contributed by atoms with Crippen LogP contribution in [0.3, 0.4) is 0 Å². The summed E-state index contributed by atoms with van der Waals surface area (Å²) in [6.07, 6.45) is 1.15. The molecule has 0 unspecified atom stereocenters. The van der Waals surface area contributed by atoms with E-state index in [1.807, 2.05) is 0 Å². The Morgan fingerprint density at radius 2 is 2.31 bits per heavy atom. The Bertz CT molecular complexity index is 442. The lowest BCUT2D eigenvalue weighted by molar-refractivity contribution is 0.604. The largest absolute Gasteiger partial charge is 0.223 e. The van der Waals surface area contributed by atoms with Gasteiger partial charge in [0.05, 0.1) is 6.54 Å². The van der Waals surface area contributed by atoms with Gasteiger partial charge < -0.3 is 0 Å². The monoisotopic (exact) mass is 217 g/mol. The molecule has 1 aromatic heterocycles. The van der Waals surface area contributed by atoms with Crippen molar-refractivity contribution >= 4 is 21.2 Å². The zero-order valence-electron chi connectivity index (χ0n) is 6.84. The molecule has 0 radical (unpaired) electrons. The molecule has 0 amide bonds. The smallest absolute Gasteiger partial charge is 0.184 e. The summed E-state index contributed by atoms with van der Waals surface area (Å²) in [5.74, 6) is 0. The van der Waals surface area contributed by atoms with Crippen molar-refractivity contribution in [1.29, 1.82) is 0 Å². The van der Waals surface area contributed by atoms with Gasteiger partial charge in [0.1, 0.15) is 4.21 Å². The summed E-state index contributed by atoms with van der Waals surface area (Å²) >= 11 is 1.13. The topological polar surface area (TPSA) is 82.9 Å². The van der Waals surface area contributed by atoms with Gasteiger partial charge in [-0.25, -0.2) is 8.42 Å². The van der Waals surface area contributed by atoms with Gasteiger partial charge in [0.25, 0.3) is 0 Å². The van der Waals surface area contributed by atoms with Gasteiger partial charge in [-0.2, -0.15) is 0 Å². The van der Waals surface area contributed by atoms with Crippen LogP contribution in [0.1, 0.15) is 4.88 Å². The molecule has 0 aromatic carbocycles. The fourth-order valence-corrected chi connectivity index (χ4v) is 2.64. The first-order valence-corrected chi connectivity index (χ1v) is 6.04. The molecule has 0 aliphatic rings. The first kappa shape index (κ1) is 10.0. The molecule has 0 atom stereocenters. The van der Waals surface area contributed by atoms with Gasteiger partial charge in [0.15, 0.2) is 9.84 Å². The zero-order valence-corrected chi connectivity index (χ0v) is 8.47. The summed E-state index contributed by atoms with van der Waals surface area (Å²) in [7, 11) is -3.12. The lowest BCUT2D eigenvalue weighted by Crippen LogP contribution is -1.91. The molecule has 0 aliphatic heterocycles. The van der Waals surface area contributed by atoms with Crippen LogP contribution in [0.5, 0.6) is 0 Å². The minimum atomic E-state index is -3.12. The van der Waals surface area contributed by atoms with Crippen molar-refractivity contribution in [3.8, 4) is 0 Å². The number of hydrogen-bond donors (Lipinski definition) is 0. The third kappa shape index (κ3) is 2.73. The summed E-state index contributed by atoms with van der Waals surface area (Å²) < 4.78 is 22.4. The molecule has 7 heteroatoms. The molecule has 0 fully saturated rings. The average Bonchev–Trinajstić information content (AvgIpc) is 2.47. The molecule has 1 rings (SSSR count). The Kier molecular flexibility index (Phi) is 2.92. The molecule has 0 N–H and O–H groups in total. The number of thiophene rings is 1. The maximum atomic E-state index is 11.0. The molecule has 0 saturated carbocycles. The first-order valence-electron chi connectivity index (χ1n) is 3.33. The number of sulfone groups is 1. The minimum absolute atomic E-state index is 0.205. The van der Waals surface area contributed by atoms with Gasteiger partial charge in [-0.1, -0.05) is 5.11 Å². The highest BCUT2D eigenvalue weighted by atomic mass is 32.2. The third-order valence-electron chi connectivity index (χ3n) is 1.29. The first-order chi connectivity index (χ1) is 6.04. The van der Waals surface area contributed by atoms with E-state index in [4.69, 9.17) is 5.53 Å². The molecule has 0 saturated heterocycles. The second-order valence-corrected chi connectivity index (χ2v) is 5.79. The van der Waals surface area contributed by atoms with Gasteiger partial charge >= 0.3 is 0 Å². The van der Waals surface area contributed by atoms with Crippen LogP contribution >= 0.6 is 11.3 Å². The Morgan fingerprint density at radius 3 is 2.77 bits per heavy atom. The molecule has 1 heterocycles. The third-order valence-corrected chi connectivity index (χ3v) is 4.18. The van der Waals surface area contributed by atoms with E-state index in [0.29, 0.717) is 4.21 Å². The zero-order chi connectivity index (χ0) is 9.90. The highest BCUT2D eigenvalue weighted by Crippen LogP contribution is 2.21. The molecule has 0 spiro atoms.